The van der Waals surface area contributed by atoms with Crippen LogP contribution in [0.1, 0.15) is 51.2 Å². The second-order valence-electron chi connectivity index (χ2n) is 9.71. The van der Waals surface area contributed by atoms with Crippen molar-refractivity contribution in [2.75, 3.05) is 38.4 Å². The number of carbonyl (C=O) groups excluding carboxylic acids is 1. The van der Waals surface area contributed by atoms with Crippen molar-refractivity contribution < 1.29 is 18.3 Å². The quantitative estimate of drug-likeness (QED) is 0.181. The van der Waals surface area contributed by atoms with Crippen LogP contribution in [0.5, 0.6) is 0 Å². The molecule has 0 aliphatic carbocycles. The number of halogens is 1. The standard InChI is InChI=1S/C27H39FN6O3/c1-19(2)17-33(21-13-20(14-31-15-21)25-16-32-18-37-25)27(35)26(29)24(11-7-8-12-36-4)34(30-3)23-10-6-5-9-22(23)28/h5-6,9-10,16,18-21,31H,3,7-8,11-15,17,29H2,1-2,4H3/b26-24-/t20-,21+/m1/s1. The Morgan fingerprint density at radius 3 is 2.78 bits per heavy atom. The number of piperidine rings is 1. The Hall–Kier alpha value is -3.24. The Balaban J connectivity index is 1.96. The van der Waals surface area contributed by atoms with Crippen molar-refractivity contribution in [3.63, 3.8) is 0 Å². The van der Waals surface area contributed by atoms with E-state index >= 15 is 0 Å². The summed E-state index contributed by atoms with van der Waals surface area (Å²) in [5.74, 6) is 0.318. The maximum Gasteiger partial charge on any atom is 0.271 e. The normalized spacial score (nSPS) is 18.4. The first kappa shape index (κ1) is 28.3. The molecule has 0 spiro atoms. The molecule has 1 aromatic carbocycles. The molecule has 1 saturated heterocycles. The van der Waals surface area contributed by atoms with E-state index in [1.165, 1.54) is 17.5 Å². The number of para-hydroxylation sites is 1. The van der Waals surface area contributed by atoms with E-state index in [1.807, 2.05) is 4.90 Å². The molecular weight excluding hydrogens is 475 g/mol. The van der Waals surface area contributed by atoms with Gasteiger partial charge in [-0.2, -0.15) is 5.10 Å². The van der Waals surface area contributed by atoms with Crippen LogP contribution >= 0.6 is 0 Å². The first-order valence-corrected chi connectivity index (χ1v) is 12.8. The molecule has 1 fully saturated rings. The smallest absolute Gasteiger partial charge is 0.271 e. The van der Waals surface area contributed by atoms with Gasteiger partial charge in [0.15, 0.2) is 6.39 Å². The molecule has 0 bridgehead atoms. The van der Waals surface area contributed by atoms with E-state index in [9.17, 15) is 9.18 Å². The number of methoxy groups -OCH3 is 1. The third-order valence-corrected chi connectivity index (χ3v) is 6.48. The van der Waals surface area contributed by atoms with E-state index in [0.717, 1.165) is 18.7 Å². The lowest BCUT2D eigenvalue weighted by Crippen LogP contribution is -2.53. The summed E-state index contributed by atoms with van der Waals surface area (Å²) in [7, 11) is 1.64. The van der Waals surface area contributed by atoms with Gasteiger partial charge in [0.1, 0.15) is 23.0 Å². The minimum absolute atomic E-state index is 0.0375. The highest BCUT2D eigenvalue weighted by Crippen LogP contribution is 2.30. The summed E-state index contributed by atoms with van der Waals surface area (Å²) in [5.41, 5.74) is 7.26. The molecule has 3 rings (SSSR count). The molecule has 1 aliphatic rings. The zero-order chi connectivity index (χ0) is 26.8. The van der Waals surface area contributed by atoms with Gasteiger partial charge in [0.25, 0.3) is 5.91 Å². The highest BCUT2D eigenvalue weighted by Gasteiger charge is 2.34. The number of ether oxygens (including phenoxy) is 1. The molecule has 3 N–H and O–H groups in total. The second kappa shape index (κ2) is 13.9. The number of carbonyl (C=O) groups is 1. The third kappa shape index (κ3) is 7.39. The molecule has 2 atom stereocenters. The molecule has 0 radical (unpaired) electrons. The number of allylic oxidation sites excluding steroid dienone is 1. The number of nitrogens with two attached hydrogens (primary N) is 1. The number of hydrogen-bond acceptors (Lipinski definition) is 8. The van der Waals surface area contributed by atoms with Crippen molar-refractivity contribution in [2.45, 2.75) is 51.5 Å². The van der Waals surface area contributed by atoms with Gasteiger partial charge in [-0.05, 0) is 43.7 Å². The Bertz CT molecular complexity index is 1040. The van der Waals surface area contributed by atoms with Crippen molar-refractivity contribution >= 4 is 18.3 Å². The molecule has 202 valence electrons. The van der Waals surface area contributed by atoms with Gasteiger partial charge in [-0.3, -0.25) is 4.79 Å². The van der Waals surface area contributed by atoms with Gasteiger partial charge in [-0.15, -0.1) is 0 Å². The average Bonchev–Trinajstić information content (AvgIpc) is 3.44. The number of oxazole rings is 1. The molecule has 1 aromatic heterocycles. The van der Waals surface area contributed by atoms with Crippen molar-refractivity contribution in [1.82, 2.24) is 15.2 Å². The fourth-order valence-corrected chi connectivity index (χ4v) is 4.69. The maximum atomic E-state index is 14.8. The summed E-state index contributed by atoms with van der Waals surface area (Å²) >= 11 is 0. The topological polar surface area (TPSA) is 109 Å². The molecule has 0 unspecified atom stereocenters. The van der Waals surface area contributed by atoms with Crippen molar-refractivity contribution in [3.05, 3.63) is 59.8 Å². The molecule has 2 heterocycles. The number of benzene rings is 1. The van der Waals surface area contributed by atoms with Crippen molar-refractivity contribution in [2.24, 2.45) is 16.8 Å². The van der Waals surface area contributed by atoms with Crippen molar-refractivity contribution in [3.8, 4) is 0 Å². The Labute approximate surface area is 218 Å². The van der Waals surface area contributed by atoms with E-state index in [0.29, 0.717) is 44.7 Å². The average molecular weight is 515 g/mol. The van der Waals surface area contributed by atoms with E-state index in [-0.39, 0.29) is 35.2 Å². The third-order valence-electron chi connectivity index (χ3n) is 6.48. The molecule has 1 aliphatic heterocycles. The minimum atomic E-state index is -0.477. The monoisotopic (exact) mass is 514 g/mol. The summed E-state index contributed by atoms with van der Waals surface area (Å²) < 4.78 is 25.5. The summed E-state index contributed by atoms with van der Waals surface area (Å²) in [6.07, 6.45) is 5.70. The number of hydrogen-bond donors (Lipinski definition) is 2. The lowest BCUT2D eigenvalue weighted by Gasteiger charge is -2.39. The minimum Gasteiger partial charge on any atom is -0.448 e. The van der Waals surface area contributed by atoms with Gasteiger partial charge in [0, 0.05) is 52.0 Å². The van der Waals surface area contributed by atoms with Gasteiger partial charge in [-0.1, -0.05) is 26.0 Å². The van der Waals surface area contributed by atoms with Crippen LogP contribution in [-0.2, 0) is 9.53 Å². The number of nitrogens with one attached hydrogen (secondary N) is 1. The number of unbranched alkanes of at least 4 members (excludes halogenated alkanes) is 1. The van der Waals surface area contributed by atoms with Crippen LogP contribution in [0.2, 0.25) is 0 Å². The first-order valence-electron chi connectivity index (χ1n) is 12.8. The van der Waals surface area contributed by atoms with Crippen LogP contribution in [-0.4, -0.2) is 61.9 Å². The largest absolute Gasteiger partial charge is 0.448 e. The lowest BCUT2D eigenvalue weighted by molar-refractivity contribution is -0.130. The number of rotatable bonds is 13. The van der Waals surface area contributed by atoms with Gasteiger partial charge in [-0.25, -0.2) is 14.4 Å². The molecule has 10 heteroatoms. The zero-order valence-corrected chi connectivity index (χ0v) is 22.0. The summed E-state index contributed by atoms with van der Waals surface area (Å²) in [6, 6.07) is 6.14. The van der Waals surface area contributed by atoms with Crippen LogP contribution in [0, 0.1) is 11.7 Å². The molecule has 37 heavy (non-hydrogen) atoms. The fraction of sp³-hybridized carbons (Fsp3) is 0.519. The van der Waals surface area contributed by atoms with Crippen LogP contribution < -0.4 is 16.1 Å². The second-order valence-corrected chi connectivity index (χ2v) is 9.71. The van der Waals surface area contributed by atoms with Gasteiger partial charge in [0.2, 0.25) is 0 Å². The Kier molecular flexibility index (Phi) is 10.6. The van der Waals surface area contributed by atoms with E-state index in [1.54, 1.807) is 31.5 Å². The highest BCUT2D eigenvalue weighted by molar-refractivity contribution is 5.94. The van der Waals surface area contributed by atoms with Gasteiger partial charge in [0.05, 0.1) is 11.9 Å². The van der Waals surface area contributed by atoms with Crippen LogP contribution in [0.3, 0.4) is 0 Å². The number of hydrazone groups is 1. The Morgan fingerprint density at radius 1 is 1.35 bits per heavy atom. The summed E-state index contributed by atoms with van der Waals surface area (Å²) in [5, 5.41) is 8.84. The molecular formula is C27H39FN6O3. The number of anilines is 1. The zero-order valence-electron chi connectivity index (χ0n) is 22.0. The number of aromatic nitrogens is 1. The Morgan fingerprint density at radius 2 is 2.14 bits per heavy atom. The van der Waals surface area contributed by atoms with E-state index < -0.39 is 5.82 Å². The van der Waals surface area contributed by atoms with Crippen LogP contribution in [0.15, 0.2) is 57.8 Å². The predicted octanol–water partition coefficient (Wildman–Crippen LogP) is 3.85. The lowest BCUT2D eigenvalue weighted by atomic mass is 9.92. The molecule has 9 nitrogen and oxygen atoms in total. The first-order chi connectivity index (χ1) is 17.9. The summed E-state index contributed by atoms with van der Waals surface area (Å²) in [4.78, 5) is 19.9. The van der Waals surface area contributed by atoms with Crippen LogP contribution in [0.4, 0.5) is 10.1 Å². The molecule has 1 amide bonds. The van der Waals surface area contributed by atoms with Crippen LogP contribution in [0.25, 0.3) is 0 Å². The van der Waals surface area contributed by atoms with Crippen molar-refractivity contribution in [1.29, 1.82) is 0 Å². The highest BCUT2D eigenvalue weighted by atomic mass is 19.1. The van der Waals surface area contributed by atoms with E-state index in [2.05, 4.69) is 36.0 Å². The SMILES string of the molecule is C=NN(/C(CCCCOC)=C(\N)C(=O)N(CC(C)C)[C@@H]1CNC[C@H](c2cnco2)C1)c1ccccc1F. The number of nitrogens with zero attached hydrogens (tertiary/aromatic N) is 4. The predicted molar refractivity (Wildman–Crippen MR) is 142 cm³/mol. The van der Waals surface area contributed by atoms with Gasteiger partial charge >= 0.3 is 0 Å². The molecule has 2 aromatic rings. The number of amides is 1. The fourth-order valence-electron chi connectivity index (χ4n) is 4.69. The molecule has 0 saturated carbocycles. The van der Waals surface area contributed by atoms with E-state index in [4.69, 9.17) is 14.9 Å². The van der Waals surface area contributed by atoms with Gasteiger partial charge < -0.3 is 25.1 Å². The maximum absolute atomic E-state index is 14.8. The summed E-state index contributed by atoms with van der Waals surface area (Å²) in [6.45, 7) is 10.2.